The highest BCUT2D eigenvalue weighted by Crippen LogP contribution is 2.38. The van der Waals surface area contributed by atoms with E-state index in [0.717, 1.165) is 0 Å². The molecule has 4 atom stereocenters. The first-order valence-corrected chi connectivity index (χ1v) is 5.71. The van der Waals surface area contributed by atoms with E-state index in [1.54, 1.807) is 20.9 Å². The first-order chi connectivity index (χ1) is 7.85. The number of amides is 1. The second-order valence-electron chi connectivity index (χ2n) is 4.95. The summed E-state index contributed by atoms with van der Waals surface area (Å²) in [4.78, 5) is 13.0. The number of nitrogens with zero attached hydrogens (tertiary/aromatic N) is 1. The average molecular weight is 245 g/mol. The van der Waals surface area contributed by atoms with Gasteiger partial charge in [0.25, 0.3) is 0 Å². The number of likely N-dealkylation sites (N-methyl/N-ethyl adjacent to an activating group) is 1. The summed E-state index contributed by atoms with van der Waals surface area (Å²) in [5.41, 5.74) is 0. The van der Waals surface area contributed by atoms with Gasteiger partial charge in [-0.25, -0.2) is 0 Å². The zero-order chi connectivity index (χ0) is 12.8. The molecule has 2 aliphatic heterocycles. The van der Waals surface area contributed by atoms with Crippen molar-refractivity contribution >= 4 is 5.91 Å². The fraction of sp³-hybridized carbons (Fsp3) is 0.909. The lowest BCUT2D eigenvalue weighted by Gasteiger charge is -2.31. The van der Waals surface area contributed by atoms with Crippen molar-refractivity contribution < 1.29 is 24.1 Å². The summed E-state index contributed by atoms with van der Waals surface area (Å²) in [6.07, 6.45) is -1.33. The predicted octanol–water partition coefficient (Wildman–Crippen LogP) is -0.298. The van der Waals surface area contributed by atoms with Crippen molar-refractivity contribution in [3.05, 3.63) is 0 Å². The topological polar surface area (TPSA) is 68.2 Å². The Morgan fingerprint density at radius 3 is 2.59 bits per heavy atom. The first kappa shape index (κ1) is 12.8. The van der Waals surface area contributed by atoms with Crippen molar-refractivity contribution in [3.63, 3.8) is 0 Å². The summed E-state index contributed by atoms with van der Waals surface area (Å²) in [5.74, 6) is -0.808. The molecule has 0 saturated carbocycles. The van der Waals surface area contributed by atoms with E-state index in [0.29, 0.717) is 0 Å². The van der Waals surface area contributed by atoms with Crippen molar-refractivity contribution in [2.45, 2.75) is 51.1 Å². The molecule has 0 aromatic carbocycles. The van der Waals surface area contributed by atoms with Crippen molar-refractivity contribution in [1.29, 1.82) is 0 Å². The van der Waals surface area contributed by atoms with Crippen LogP contribution in [0.5, 0.6) is 0 Å². The highest BCUT2D eigenvalue weighted by atomic mass is 16.8. The number of carbonyl (C=O) groups is 1. The smallest absolute Gasteiger partial charge is 0.219 e. The van der Waals surface area contributed by atoms with Crippen LogP contribution in [0.4, 0.5) is 0 Å². The van der Waals surface area contributed by atoms with Gasteiger partial charge in [0.2, 0.25) is 5.91 Å². The SMILES string of the molecule is CC(=O)N(C)[C@@H]1[C@H]2OC(C)(C)O[C@H]2O[C@@H]1CO. The minimum atomic E-state index is -0.717. The Morgan fingerprint density at radius 2 is 2.06 bits per heavy atom. The minimum absolute atomic E-state index is 0.0917. The molecule has 0 aromatic rings. The second kappa shape index (κ2) is 4.20. The van der Waals surface area contributed by atoms with E-state index in [4.69, 9.17) is 14.2 Å². The van der Waals surface area contributed by atoms with Gasteiger partial charge in [0, 0.05) is 14.0 Å². The van der Waals surface area contributed by atoms with Gasteiger partial charge in [-0.3, -0.25) is 4.79 Å². The van der Waals surface area contributed by atoms with E-state index in [1.165, 1.54) is 11.8 Å². The third-order valence-corrected chi connectivity index (χ3v) is 3.24. The van der Waals surface area contributed by atoms with Crippen LogP contribution in [0.25, 0.3) is 0 Å². The Hall–Kier alpha value is -0.690. The van der Waals surface area contributed by atoms with Gasteiger partial charge < -0.3 is 24.2 Å². The molecule has 98 valence electrons. The van der Waals surface area contributed by atoms with E-state index in [1.807, 2.05) is 0 Å². The van der Waals surface area contributed by atoms with Crippen molar-refractivity contribution in [1.82, 2.24) is 4.90 Å². The summed E-state index contributed by atoms with van der Waals surface area (Å²) in [5, 5.41) is 9.28. The molecule has 0 aliphatic carbocycles. The van der Waals surface area contributed by atoms with Crippen LogP contribution in [0, 0.1) is 0 Å². The van der Waals surface area contributed by atoms with Gasteiger partial charge in [0.15, 0.2) is 12.1 Å². The van der Waals surface area contributed by atoms with Crippen LogP contribution in [-0.2, 0) is 19.0 Å². The normalized spacial score (nSPS) is 39.1. The lowest BCUT2D eigenvalue weighted by molar-refractivity contribution is -0.214. The number of aliphatic hydroxyl groups is 1. The second-order valence-corrected chi connectivity index (χ2v) is 4.95. The molecule has 2 heterocycles. The summed E-state index contributed by atoms with van der Waals surface area (Å²) in [6.45, 7) is 4.91. The van der Waals surface area contributed by atoms with Gasteiger partial charge in [-0.15, -0.1) is 0 Å². The highest BCUT2D eigenvalue weighted by molar-refractivity contribution is 5.73. The van der Waals surface area contributed by atoms with Crippen LogP contribution >= 0.6 is 0 Å². The maximum Gasteiger partial charge on any atom is 0.219 e. The summed E-state index contributed by atoms with van der Waals surface area (Å²) >= 11 is 0. The molecule has 6 heteroatoms. The zero-order valence-corrected chi connectivity index (χ0v) is 10.5. The lowest BCUT2D eigenvalue weighted by atomic mass is 10.1. The van der Waals surface area contributed by atoms with E-state index in [-0.39, 0.29) is 24.7 Å². The van der Waals surface area contributed by atoms with E-state index in [9.17, 15) is 9.90 Å². The third-order valence-electron chi connectivity index (χ3n) is 3.24. The molecule has 1 amide bonds. The molecule has 2 aliphatic rings. The number of fused-ring (bicyclic) bond motifs is 1. The molecule has 1 N–H and O–H groups in total. The summed E-state index contributed by atoms with van der Waals surface area (Å²) in [6, 6.07) is -0.315. The number of carbonyl (C=O) groups excluding carboxylic acids is 1. The monoisotopic (exact) mass is 245 g/mol. The van der Waals surface area contributed by atoms with Gasteiger partial charge in [0.05, 0.1) is 12.6 Å². The highest BCUT2D eigenvalue weighted by Gasteiger charge is 2.56. The first-order valence-electron chi connectivity index (χ1n) is 5.71. The van der Waals surface area contributed by atoms with E-state index in [2.05, 4.69) is 0 Å². The Labute approximate surface area is 100 Å². The molecule has 6 nitrogen and oxygen atoms in total. The largest absolute Gasteiger partial charge is 0.394 e. The van der Waals surface area contributed by atoms with Crippen LogP contribution in [0.3, 0.4) is 0 Å². The molecular weight excluding hydrogens is 226 g/mol. The Kier molecular flexibility index (Phi) is 3.15. The molecule has 2 fully saturated rings. The van der Waals surface area contributed by atoms with Crippen LogP contribution in [-0.4, -0.2) is 59.9 Å². The number of aliphatic hydroxyl groups excluding tert-OH is 1. The van der Waals surface area contributed by atoms with Crippen LogP contribution in [0.15, 0.2) is 0 Å². The maximum absolute atomic E-state index is 11.4. The molecule has 0 spiro atoms. The van der Waals surface area contributed by atoms with Crippen molar-refractivity contribution in [3.8, 4) is 0 Å². The maximum atomic E-state index is 11.4. The average Bonchev–Trinajstić information content (AvgIpc) is 2.67. The molecule has 0 bridgehead atoms. The lowest BCUT2D eigenvalue weighted by Crippen LogP contribution is -2.49. The Balaban J connectivity index is 2.19. The molecule has 0 radical (unpaired) electrons. The number of ether oxygens (including phenoxy) is 3. The van der Waals surface area contributed by atoms with E-state index < -0.39 is 18.2 Å². The van der Waals surface area contributed by atoms with Crippen molar-refractivity contribution in [2.24, 2.45) is 0 Å². The van der Waals surface area contributed by atoms with Gasteiger partial charge in [-0.2, -0.15) is 0 Å². The predicted molar refractivity (Wildman–Crippen MR) is 58.0 cm³/mol. The van der Waals surface area contributed by atoms with Gasteiger partial charge in [0.1, 0.15) is 12.2 Å². The fourth-order valence-electron chi connectivity index (χ4n) is 2.39. The quantitative estimate of drug-likeness (QED) is 0.723. The molecule has 2 rings (SSSR count). The number of hydrogen-bond donors (Lipinski definition) is 1. The Morgan fingerprint density at radius 1 is 1.41 bits per heavy atom. The molecule has 0 aromatic heterocycles. The summed E-state index contributed by atoms with van der Waals surface area (Å²) < 4.78 is 16.9. The zero-order valence-electron chi connectivity index (χ0n) is 10.5. The molecule has 2 saturated heterocycles. The summed E-state index contributed by atoms with van der Waals surface area (Å²) in [7, 11) is 1.68. The van der Waals surface area contributed by atoms with Gasteiger partial charge in [-0.05, 0) is 13.8 Å². The fourth-order valence-corrected chi connectivity index (χ4v) is 2.39. The molecule has 0 unspecified atom stereocenters. The third kappa shape index (κ3) is 2.18. The Bertz CT molecular complexity index is 319. The standard InChI is InChI=1S/C11H19NO5/c1-6(14)12(4)8-7(5-13)15-10-9(8)16-11(2,3)17-10/h7-10,13H,5H2,1-4H3/t7-,8+,9-,10-/m1/s1. The van der Waals surface area contributed by atoms with Gasteiger partial charge >= 0.3 is 0 Å². The molecular formula is C11H19NO5. The number of hydrogen-bond acceptors (Lipinski definition) is 5. The molecule has 17 heavy (non-hydrogen) atoms. The minimum Gasteiger partial charge on any atom is -0.394 e. The van der Waals surface area contributed by atoms with Gasteiger partial charge in [-0.1, -0.05) is 0 Å². The van der Waals surface area contributed by atoms with Crippen LogP contribution in [0.2, 0.25) is 0 Å². The van der Waals surface area contributed by atoms with Crippen LogP contribution in [0.1, 0.15) is 20.8 Å². The van der Waals surface area contributed by atoms with Crippen molar-refractivity contribution in [2.75, 3.05) is 13.7 Å². The van der Waals surface area contributed by atoms with Crippen LogP contribution < -0.4 is 0 Å². The van der Waals surface area contributed by atoms with E-state index >= 15 is 0 Å². The number of rotatable bonds is 2.